The van der Waals surface area contributed by atoms with Gasteiger partial charge in [-0.05, 0) is 26.2 Å². The maximum Gasteiger partial charge on any atom is 0.245 e. The predicted octanol–water partition coefficient (Wildman–Crippen LogP) is 1.07. The smallest absolute Gasteiger partial charge is 0.245 e. The van der Waals surface area contributed by atoms with E-state index < -0.39 is 11.6 Å². The Hall–Kier alpha value is -1.10. The lowest BCUT2D eigenvalue weighted by molar-refractivity contribution is -0.135. The van der Waals surface area contributed by atoms with Crippen molar-refractivity contribution < 1.29 is 9.59 Å². The van der Waals surface area contributed by atoms with Crippen molar-refractivity contribution in [3.05, 3.63) is 0 Å². The summed E-state index contributed by atoms with van der Waals surface area (Å²) in [6.07, 6.45) is 6.49. The quantitative estimate of drug-likeness (QED) is 0.631. The molecule has 0 unspecified atom stereocenters. The zero-order chi connectivity index (χ0) is 14.3. The Kier molecular flexibility index (Phi) is 6.28. The third-order valence-corrected chi connectivity index (χ3v) is 3.73. The normalized spacial score (nSPS) is 19.5. The van der Waals surface area contributed by atoms with Crippen molar-refractivity contribution in [3.63, 3.8) is 0 Å². The molecule has 0 radical (unpaired) electrons. The summed E-state index contributed by atoms with van der Waals surface area (Å²) in [6, 6.07) is -0.581. The lowest BCUT2D eigenvalue weighted by atomic mass is 9.80. The standard InChI is InChI=1S/C14H27N3O2/c1-3-4-10-16-13(19)14(8-6-5-7-9-14)17-12(18)11(2)15/h11H,3-10,15H2,1-2H3,(H,16,19)(H,17,18)/t11-/m0/s1. The molecule has 110 valence electrons. The van der Waals surface area contributed by atoms with Crippen LogP contribution in [0.4, 0.5) is 0 Å². The molecule has 19 heavy (non-hydrogen) atoms. The highest BCUT2D eigenvalue weighted by Crippen LogP contribution is 2.28. The fourth-order valence-corrected chi connectivity index (χ4v) is 2.46. The third-order valence-electron chi connectivity index (χ3n) is 3.73. The van der Waals surface area contributed by atoms with Crippen LogP contribution in [0.15, 0.2) is 0 Å². The second kappa shape index (κ2) is 7.48. The van der Waals surface area contributed by atoms with E-state index in [4.69, 9.17) is 5.73 Å². The molecule has 1 saturated carbocycles. The molecule has 0 heterocycles. The van der Waals surface area contributed by atoms with Gasteiger partial charge in [0.15, 0.2) is 0 Å². The molecule has 1 fully saturated rings. The molecule has 5 nitrogen and oxygen atoms in total. The van der Waals surface area contributed by atoms with Gasteiger partial charge >= 0.3 is 0 Å². The van der Waals surface area contributed by atoms with Crippen LogP contribution < -0.4 is 16.4 Å². The van der Waals surface area contributed by atoms with Crippen LogP contribution >= 0.6 is 0 Å². The van der Waals surface area contributed by atoms with Crippen molar-refractivity contribution in [1.29, 1.82) is 0 Å². The van der Waals surface area contributed by atoms with Crippen molar-refractivity contribution in [2.24, 2.45) is 5.73 Å². The maximum atomic E-state index is 12.4. The van der Waals surface area contributed by atoms with Crippen LogP contribution in [0.3, 0.4) is 0 Å². The highest BCUT2D eigenvalue weighted by atomic mass is 16.2. The third kappa shape index (κ3) is 4.49. The molecular formula is C14H27N3O2. The van der Waals surface area contributed by atoms with Gasteiger partial charge in [-0.25, -0.2) is 0 Å². The molecule has 0 aromatic rings. The summed E-state index contributed by atoms with van der Waals surface area (Å²) < 4.78 is 0. The molecular weight excluding hydrogens is 242 g/mol. The van der Waals surface area contributed by atoms with E-state index >= 15 is 0 Å². The van der Waals surface area contributed by atoms with Crippen LogP contribution in [0.25, 0.3) is 0 Å². The number of carbonyl (C=O) groups excluding carboxylic acids is 2. The minimum absolute atomic E-state index is 0.0466. The summed E-state index contributed by atoms with van der Waals surface area (Å²) in [7, 11) is 0. The first-order valence-electron chi connectivity index (χ1n) is 7.38. The summed E-state index contributed by atoms with van der Waals surface area (Å²) >= 11 is 0. The minimum atomic E-state index is -0.739. The van der Waals surface area contributed by atoms with E-state index in [1.807, 2.05) is 0 Å². The van der Waals surface area contributed by atoms with Crippen LogP contribution in [-0.2, 0) is 9.59 Å². The highest BCUT2D eigenvalue weighted by molar-refractivity contribution is 5.93. The van der Waals surface area contributed by atoms with Crippen LogP contribution in [0, 0.1) is 0 Å². The number of hydrogen-bond acceptors (Lipinski definition) is 3. The van der Waals surface area contributed by atoms with Gasteiger partial charge < -0.3 is 16.4 Å². The first kappa shape index (κ1) is 16.0. The minimum Gasteiger partial charge on any atom is -0.354 e. The highest BCUT2D eigenvalue weighted by Gasteiger charge is 2.40. The SMILES string of the molecule is CCCCNC(=O)C1(NC(=O)[C@H](C)N)CCCCC1. The van der Waals surface area contributed by atoms with Crippen molar-refractivity contribution in [3.8, 4) is 0 Å². The lowest BCUT2D eigenvalue weighted by Crippen LogP contribution is -2.62. The Morgan fingerprint density at radius 1 is 1.26 bits per heavy atom. The van der Waals surface area contributed by atoms with Crippen molar-refractivity contribution in [1.82, 2.24) is 10.6 Å². The molecule has 0 spiro atoms. The zero-order valence-corrected chi connectivity index (χ0v) is 12.1. The second-order valence-electron chi connectivity index (χ2n) is 5.53. The first-order chi connectivity index (χ1) is 9.02. The average Bonchev–Trinajstić information content (AvgIpc) is 2.39. The van der Waals surface area contributed by atoms with Crippen molar-refractivity contribution >= 4 is 11.8 Å². The molecule has 1 rings (SSSR count). The van der Waals surface area contributed by atoms with Gasteiger partial charge in [0.2, 0.25) is 11.8 Å². The number of rotatable bonds is 6. The molecule has 0 aromatic carbocycles. The van der Waals surface area contributed by atoms with E-state index in [0.717, 1.165) is 32.1 Å². The summed E-state index contributed by atoms with van der Waals surface area (Å²) in [5, 5.41) is 5.83. The van der Waals surface area contributed by atoms with Crippen LogP contribution in [0.1, 0.15) is 58.8 Å². The predicted molar refractivity (Wildman–Crippen MR) is 75.5 cm³/mol. The number of carbonyl (C=O) groups is 2. The summed E-state index contributed by atoms with van der Waals surface area (Å²) in [4.78, 5) is 24.2. The fraction of sp³-hybridized carbons (Fsp3) is 0.857. The Balaban J connectivity index is 2.68. The largest absolute Gasteiger partial charge is 0.354 e. The van der Waals surface area contributed by atoms with Crippen LogP contribution in [-0.4, -0.2) is 29.9 Å². The zero-order valence-electron chi connectivity index (χ0n) is 12.1. The number of unbranched alkanes of at least 4 members (excludes halogenated alkanes) is 1. The lowest BCUT2D eigenvalue weighted by Gasteiger charge is -2.37. The molecule has 2 amide bonds. The van der Waals surface area contributed by atoms with E-state index in [0.29, 0.717) is 19.4 Å². The van der Waals surface area contributed by atoms with Gasteiger partial charge in [-0.1, -0.05) is 32.6 Å². The first-order valence-corrected chi connectivity index (χ1v) is 7.38. The second-order valence-corrected chi connectivity index (χ2v) is 5.53. The average molecular weight is 269 g/mol. The number of nitrogens with two attached hydrogens (primary N) is 1. The van der Waals surface area contributed by atoms with Crippen molar-refractivity contribution in [2.45, 2.75) is 70.4 Å². The summed E-state index contributed by atoms with van der Waals surface area (Å²) in [6.45, 7) is 4.40. The molecule has 0 saturated heterocycles. The van der Waals surface area contributed by atoms with Gasteiger partial charge in [-0.3, -0.25) is 9.59 Å². The van der Waals surface area contributed by atoms with Crippen molar-refractivity contribution in [2.75, 3.05) is 6.54 Å². The van der Waals surface area contributed by atoms with Gasteiger partial charge in [0.25, 0.3) is 0 Å². The molecule has 1 atom stereocenters. The van der Waals surface area contributed by atoms with E-state index in [1.54, 1.807) is 6.92 Å². The summed E-state index contributed by atoms with van der Waals surface area (Å²) in [5.74, 6) is -0.290. The monoisotopic (exact) mass is 269 g/mol. The fourth-order valence-electron chi connectivity index (χ4n) is 2.46. The van der Waals surface area contributed by atoms with E-state index in [9.17, 15) is 9.59 Å². The summed E-state index contributed by atoms with van der Waals surface area (Å²) in [5.41, 5.74) is 4.85. The van der Waals surface area contributed by atoms with Crippen LogP contribution in [0.5, 0.6) is 0 Å². The number of amides is 2. The van der Waals surface area contributed by atoms with E-state index in [1.165, 1.54) is 0 Å². The van der Waals surface area contributed by atoms with Gasteiger partial charge in [0.05, 0.1) is 6.04 Å². The Labute approximate surface area is 115 Å². The van der Waals surface area contributed by atoms with E-state index in [-0.39, 0.29) is 11.8 Å². The Morgan fingerprint density at radius 2 is 1.89 bits per heavy atom. The Bertz CT molecular complexity index is 310. The molecule has 0 aromatic heterocycles. The molecule has 4 N–H and O–H groups in total. The topological polar surface area (TPSA) is 84.2 Å². The molecule has 1 aliphatic carbocycles. The van der Waals surface area contributed by atoms with Gasteiger partial charge in [-0.15, -0.1) is 0 Å². The number of hydrogen-bond donors (Lipinski definition) is 3. The molecule has 0 aliphatic heterocycles. The van der Waals surface area contributed by atoms with Gasteiger partial charge in [0, 0.05) is 6.54 Å². The molecule has 1 aliphatic rings. The van der Waals surface area contributed by atoms with E-state index in [2.05, 4.69) is 17.6 Å². The van der Waals surface area contributed by atoms with Crippen LogP contribution in [0.2, 0.25) is 0 Å². The maximum absolute atomic E-state index is 12.4. The van der Waals surface area contributed by atoms with Gasteiger partial charge in [0.1, 0.15) is 5.54 Å². The number of nitrogens with one attached hydrogen (secondary N) is 2. The molecule has 5 heteroatoms. The molecule has 0 bridgehead atoms. The Morgan fingerprint density at radius 3 is 2.42 bits per heavy atom. The van der Waals surface area contributed by atoms with Gasteiger partial charge in [-0.2, -0.15) is 0 Å².